The molecule has 0 aliphatic heterocycles. The van der Waals surface area contributed by atoms with E-state index in [0.717, 1.165) is 37.2 Å². The molecule has 0 bridgehead atoms. The van der Waals surface area contributed by atoms with Gasteiger partial charge in [-0.3, -0.25) is 9.59 Å². The van der Waals surface area contributed by atoms with E-state index in [1.807, 2.05) is 59.5 Å². The minimum absolute atomic E-state index is 0.0149. The van der Waals surface area contributed by atoms with Gasteiger partial charge < -0.3 is 15.1 Å². The summed E-state index contributed by atoms with van der Waals surface area (Å²) in [7, 11) is 1.80. The van der Waals surface area contributed by atoms with E-state index in [9.17, 15) is 9.59 Å². The minimum Gasteiger partial charge on any atom is -0.376 e. The van der Waals surface area contributed by atoms with Crippen molar-refractivity contribution in [2.45, 2.75) is 33.2 Å². The van der Waals surface area contributed by atoms with Crippen LogP contribution in [-0.2, 0) is 11.3 Å². The van der Waals surface area contributed by atoms with Crippen molar-refractivity contribution in [3.8, 4) is 0 Å². The maximum atomic E-state index is 12.6. The number of nitrogens with zero attached hydrogens (tertiary/aromatic N) is 2. The topological polar surface area (TPSA) is 52.7 Å². The number of hydrogen-bond acceptors (Lipinski definition) is 3. The van der Waals surface area contributed by atoms with Crippen LogP contribution in [0, 0.1) is 0 Å². The van der Waals surface area contributed by atoms with E-state index in [-0.39, 0.29) is 18.4 Å². The maximum absolute atomic E-state index is 12.6. The third-order valence-corrected chi connectivity index (χ3v) is 4.54. The first-order chi connectivity index (χ1) is 13.5. The molecule has 0 aromatic heterocycles. The van der Waals surface area contributed by atoms with Crippen molar-refractivity contribution < 1.29 is 9.59 Å². The Labute approximate surface area is 168 Å². The SMILES string of the molecule is CCCN(CCC)C(=O)c1ccc(NCC(=O)N(C)Cc2ccccc2)cc1. The molecule has 2 rings (SSSR count). The summed E-state index contributed by atoms with van der Waals surface area (Å²) in [4.78, 5) is 28.5. The molecule has 0 atom stereocenters. The summed E-state index contributed by atoms with van der Waals surface area (Å²) in [5, 5.41) is 3.14. The van der Waals surface area contributed by atoms with Crippen LogP contribution < -0.4 is 5.32 Å². The predicted molar refractivity (Wildman–Crippen MR) is 114 cm³/mol. The van der Waals surface area contributed by atoms with Crippen LogP contribution in [0.5, 0.6) is 0 Å². The second kappa shape index (κ2) is 11.1. The van der Waals surface area contributed by atoms with Crippen LogP contribution in [0.25, 0.3) is 0 Å². The zero-order chi connectivity index (χ0) is 20.4. The Balaban J connectivity index is 1.88. The standard InChI is InChI=1S/C23H31N3O2/c1-4-15-26(16-5-2)23(28)20-11-13-21(14-12-20)24-17-22(27)25(3)18-19-9-7-6-8-10-19/h6-14,24H,4-5,15-18H2,1-3H3. The minimum atomic E-state index is 0.0149. The molecule has 2 amide bonds. The number of carbonyl (C=O) groups excluding carboxylic acids is 2. The number of benzene rings is 2. The molecule has 28 heavy (non-hydrogen) atoms. The lowest BCUT2D eigenvalue weighted by atomic mass is 10.1. The molecule has 1 N–H and O–H groups in total. The van der Waals surface area contributed by atoms with Crippen molar-refractivity contribution >= 4 is 17.5 Å². The molecule has 0 aliphatic rings. The van der Waals surface area contributed by atoms with E-state index in [0.29, 0.717) is 12.1 Å². The molecule has 2 aromatic rings. The number of likely N-dealkylation sites (N-methyl/N-ethyl adjacent to an activating group) is 1. The molecule has 0 aliphatic carbocycles. The molecule has 0 unspecified atom stereocenters. The Morgan fingerprint density at radius 2 is 1.50 bits per heavy atom. The van der Waals surface area contributed by atoms with Crippen LogP contribution in [0.15, 0.2) is 54.6 Å². The van der Waals surface area contributed by atoms with E-state index in [1.54, 1.807) is 11.9 Å². The second-order valence-electron chi connectivity index (χ2n) is 6.96. The van der Waals surface area contributed by atoms with Crippen LogP contribution in [0.2, 0.25) is 0 Å². The van der Waals surface area contributed by atoms with Crippen LogP contribution >= 0.6 is 0 Å². The van der Waals surface area contributed by atoms with Gasteiger partial charge >= 0.3 is 0 Å². The fourth-order valence-corrected chi connectivity index (χ4v) is 3.03. The van der Waals surface area contributed by atoms with Crippen LogP contribution in [0.1, 0.15) is 42.6 Å². The first-order valence-electron chi connectivity index (χ1n) is 9.96. The van der Waals surface area contributed by atoms with Crippen molar-refractivity contribution in [2.24, 2.45) is 0 Å². The lowest BCUT2D eigenvalue weighted by Crippen LogP contribution is -2.32. The fraction of sp³-hybridized carbons (Fsp3) is 0.391. The van der Waals surface area contributed by atoms with Crippen LogP contribution in [-0.4, -0.2) is 48.3 Å². The normalized spacial score (nSPS) is 10.4. The van der Waals surface area contributed by atoms with Gasteiger partial charge in [0.15, 0.2) is 0 Å². The van der Waals surface area contributed by atoms with Gasteiger partial charge in [0.1, 0.15) is 0 Å². The lowest BCUT2D eigenvalue weighted by molar-refractivity contribution is -0.128. The molecule has 5 nitrogen and oxygen atoms in total. The number of anilines is 1. The first-order valence-corrected chi connectivity index (χ1v) is 9.96. The highest BCUT2D eigenvalue weighted by Crippen LogP contribution is 2.13. The number of hydrogen-bond donors (Lipinski definition) is 1. The fourth-order valence-electron chi connectivity index (χ4n) is 3.03. The summed E-state index contributed by atoms with van der Waals surface area (Å²) >= 11 is 0. The number of nitrogens with one attached hydrogen (secondary N) is 1. The average molecular weight is 382 g/mol. The largest absolute Gasteiger partial charge is 0.376 e. The van der Waals surface area contributed by atoms with Crippen molar-refractivity contribution in [3.05, 3.63) is 65.7 Å². The summed E-state index contributed by atoms with van der Waals surface area (Å²) in [5.74, 6) is 0.0787. The summed E-state index contributed by atoms with van der Waals surface area (Å²) in [6, 6.07) is 17.3. The number of amides is 2. The van der Waals surface area contributed by atoms with Crippen molar-refractivity contribution in [3.63, 3.8) is 0 Å². The monoisotopic (exact) mass is 381 g/mol. The van der Waals surface area contributed by atoms with E-state index in [4.69, 9.17) is 0 Å². The highest BCUT2D eigenvalue weighted by Gasteiger charge is 2.14. The van der Waals surface area contributed by atoms with Gasteiger partial charge in [-0.05, 0) is 42.7 Å². The molecular formula is C23H31N3O2. The van der Waals surface area contributed by atoms with Gasteiger partial charge in [-0.15, -0.1) is 0 Å². The summed E-state index contributed by atoms with van der Waals surface area (Å²) in [6.45, 7) is 6.50. The Hall–Kier alpha value is -2.82. The highest BCUT2D eigenvalue weighted by molar-refractivity contribution is 5.94. The molecule has 5 heteroatoms. The van der Waals surface area contributed by atoms with Crippen molar-refractivity contribution in [1.29, 1.82) is 0 Å². The summed E-state index contributed by atoms with van der Waals surface area (Å²) < 4.78 is 0. The molecule has 0 heterocycles. The zero-order valence-electron chi connectivity index (χ0n) is 17.1. The van der Waals surface area contributed by atoms with Gasteiger partial charge in [0.25, 0.3) is 5.91 Å². The Kier molecular flexibility index (Phi) is 8.53. The third-order valence-electron chi connectivity index (χ3n) is 4.54. The number of carbonyl (C=O) groups is 2. The van der Waals surface area contributed by atoms with Gasteiger partial charge in [-0.25, -0.2) is 0 Å². The van der Waals surface area contributed by atoms with Crippen molar-refractivity contribution in [2.75, 3.05) is 32.0 Å². The van der Waals surface area contributed by atoms with Gasteiger partial charge in [0, 0.05) is 37.9 Å². The molecule has 0 radical (unpaired) electrons. The summed E-state index contributed by atoms with van der Waals surface area (Å²) in [5.41, 5.74) is 2.61. The van der Waals surface area contributed by atoms with Crippen LogP contribution in [0.4, 0.5) is 5.69 Å². The van der Waals surface area contributed by atoms with Gasteiger partial charge in [-0.2, -0.15) is 0 Å². The van der Waals surface area contributed by atoms with Crippen molar-refractivity contribution in [1.82, 2.24) is 9.80 Å². The molecule has 0 saturated carbocycles. The maximum Gasteiger partial charge on any atom is 0.253 e. The Bertz CT molecular complexity index is 738. The zero-order valence-corrected chi connectivity index (χ0v) is 17.1. The van der Waals surface area contributed by atoms with Gasteiger partial charge in [0.2, 0.25) is 5.91 Å². The lowest BCUT2D eigenvalue weighted by Gasteiger charge is -2.21. The highest BCUT2D eigenvalue weighted by atomic mass is 16.2. The van der Waals surface area contributed by atoms with Gasteiger partial charge in [0.05, 0.1) is 6.54 Å². The number of rotatable bonds is 10. The third kappa shape index (κ3) is 6.41. The Morgan fingerprint density at radius 3 is 2.07 bits per heavy atom. The van der Waals surface area contributed by atoms with E-state index >= 15 is 0 Å². The van der Waals surface area contributed by atoms with E-state index < -0.39 is 0 Å². The quantitative estimate of drug-likeness (QED) is 0.676. The molecule has 0 saturated heterocycles. The van der Waals surface area contributed by atoms with Gasteiger partial charge in [-0.1, -0.05) is 44.2 Å². The van der Waals surface area contributed by atoms with Crippen LogP contribution in [0.3, 0.4) is 0 Å². The van der Waals surface area contributed by atoms with E-state index in [2.05, 4.69) is 19.2 Å². The predicted octanol–water partition coefficient (Wildman–Crippen LogP) is 4.02. The smallest absolute Gasteiger partial charge is 0.253 e. The molecule has 2 aromatic carbocycles. The first kappa shape index (κ1) is 21.5. The Morgan fingerprint density at radius 1 is 0.893 bits per heavy atom. The second-order valence-corrected chi connectivity index (χ2v) is 6.96. The van der Waals surface area contributed by atoms with E-state index in [1.165, 1.54) is 0 Å². The average Bonchev–Trinajstić information content (AvgIpc) is 2.72. The molecule has 150 valence electrons. The molecular weight excluding hydrogens is 350 g/mol. The molecule has 0 spiro atoms. The summed E-state index contributed by atoms with van der Waals surface area (Å²) in [6.07, 6.45) is 1.90. The molecule has 0 fully saturated rings.